The molecule has 4 rings (SSSR count). The number of ether oxygens (including phenoxy) is 1. The van der Waals surface area contributed by atoms with E-state index < -0.39 is 17.6 Å². The number of aliphatic hydroxyl groups is 1. The Hall–Kier alpha value is -1.49. The molecule has 0 amide bonds. The molecular weight excluding hydrogens is 380 g/mol. The molecule has 3 fully saturated rings. The number of Topliss-reactive ketones (excluding diaryl/α,β-unsaturated/α-hetero) is 1. The van der Waals surface area contributed by atoms with Gasteiger partial charge in [-0.25, -0.2) is 0 Å². The maximum Gasteiger partial charge on any atom is 0.306 e. The molecule has 0 heterocycles. The third kappa shape index (κ3) is 2.73. The lowest BCUT2D eigenvalue weighted by molar-refractivity contribution is -0.196. The predicted octanol–water partition coefficient (Wildman–Crippen LogP) is 4.02. The fraction of sp³-hybridized carbons (Fsp3) is 0.800. The van der Waals surface area contributed by atoms with Crippen LogP contribution in [0.25, 0.3) is 0 Å². The van der Waals surface area contributed by atoms with E-state index in [1.165, 1.54) is 5.57 Å². The maximum absolute atomic E-state index is 13.2. The van der Waals surface area contributed by atoms with Crippen LogP contribution in [0.5, 0.6) is 0 Å². The van der Waals surface area contributed by atoms with Gasteiger partial charge < -0.3 is 9.84 Å². The molecule has 0 bridgehead atoms. The third-order valence-electron chi connectivity index (χ3n) is 9.62. The first-order chi connectivity index (χ1) is 14.1. The number of ketones is 2. The summed E-state index contributed by atoms with van der Waals surface area (Å²) in [5.41, 5.74) is -0.303. The topological polar surface area (TPSA) is 80.7 Å². The summed E-state index contributed by atoms with van der Waals surface area (Å²) in [7, 11) is 0. The second-order valence-corrected chi connectivity index (χ2v) is 10.7. The summed E-state index contributed by atoms with van der Waals surface area (Å²) in [5.74, 6) is 0.676. The highest BCUT2D eigenvalue weighted by Gasteiger charge is 2.71. The van der Waals surface area contributed by atoms with Crippen molar-refractivity contribution in [3.63, 3.8) is 0 Å². The number of hydrogen-bond donors (Lipinski definition) is 1. The monoisotopic (exact) mass is 416 g/mol. The molecular formula is C25H36O5. The minimum Gasteiger partial charge on any atom is -0.450 e. The lowest BCUT2D eigenvalue weighted by atomic mass is 9.46. The van der Waals surface area contributed by atoms with Crippen LogP contribution in [0.4, 0.5) is 0 Å². The second-order valence-electron chi connectivity index (χ2n) is 10.7. The van der Waals surface area contributed by atoms with E-state index in [2.05, 4.69) is 13.8 Å². The van der Waals surface area contributed by atoms with Gasteiger partial charge >= 0.3 is 5.97 Å². The van der Waals surface area contributed by atoms with Crippen molar-refractivity contribution in [2.45, 2.75) is 84.7 Å². The quantitative estimate of drug-likeness (QED) is 0.700. The van der Waals surface area contributed by atoms with Crippen LogP contribution in [0.3, 0.4) is 0 Å². The van der Waals surface area contributed by atoms with Crippen molar-refractivity contribution >= 4 is 17.5 Å². The Balaban J connectivity index is 1.74. The molecule has 166 valence electrons. The predicted molar refractivity (Wildman–Crippen MR) is 112 cm³/mol. The Morgan fingerprint density at radius 1 is 1.17 bits per heavy atom. The van der Waals surface area contributed by atoms with Crippen LogP contribution in [-0.2, 0) is 19.1 Å². The molecule has 0 aromatic heterocycles. The van der Waals surface area contributed by atoms with Crippen molar-refractivity contribution in [2.75, 3.05) is 6.61 Å². The summed E-state index contributed by atoms with van der Waals surface area (Å²) >= 11 is 0. The van der Waals surface area contributed by atoms with Gasteiger partial charge in [0.25, 0.3) is 0 Å². The van der Waals surface area contributed by atoms with E-state index in [-0.39, 0.29) is 41.2 Å². The molecule has 3 saturated carbocycles. The van der Waals surface area contributed by atoms with Gasteiger partial charge in [0.15, 0.2) is 11.4 Å². The van der Waals surface area contributed by atoms with E-state index >= 15 is 0 Å². The molecule has 0 spiro atoms. The van der Waals surface area contributed by atoms with Crippen LogP contribution in [0.1, 0.15) is 79.1 Å². The summed E-state index contributed by atoms with van der Waals surface area (Å²) < 4.78 is 6.01. The van der Waals surface area contributed by atoms with Crippen LogP contribution in [0, 0.1) is 34.5 Å². The minimum absolute atomic E-state index is 0.0632. The molecule has 0 aliphatic heterocycles. The van der Waals surface area contributed by atoms with Crippen LogP contribution >= 0.6 is 0 Å². The third-order valence-corrected chi connectivity index (χ3v) is 9.62. The molecule has 1 N–H and O–H groups in total. The minimum atomic E-state index is -1.23. The number of carbonyl (C=O) groups is 3. The number of rotatable bonds is 4. The van der Waals surface area contributed by atoms with Gasteiger partial charge in [0, 0.05) is 24.2 Å². The van der Waals surface area contributed by atoms with Crippen LogP contribution in [0.15, 0.2) is 11.6 Å². The van der Waals surface area contributed by atoms with Gasteiger partial charge in [-0.3, -0.25) is 14.4 Å². The zero-order valence-corrected chi connectivity index (χ0v) is 18.8. The largest absolute Gasteiger partial charge is 0.450 e. The first-order valence-electron chi connectivity index (χ1n) is 11.7. The molecule has 30 heavy (non-hydrogen) atoms. The summed E-state index contributed by atoms with van der Waals surface area (Å²) in [6.07, 6.45) is 8.27. The maximum atomic E-state index is 13.2. The average Bonchev–Trinajstić information content (AvgIpc) is 2.95. The van der Waals surface area contributed by atoms with Crippen LogP contribution in [0.2, 0.25) is 0 Å². The van der Waals surface area contributed by atoms with Gasteiger partial charge in [0.2, 0.25) is 5.78 Å². The van der Waals surface area contributed by atoms with E-state index in [0.717, 1.165) is 38.5 Å². The number of allylic oxidation sites excluding steroid dienone is 1. The fourth-order valence-electron chi connectivity index (χ4n) is 8.12. The molecule has 0 radical (unpaired) electrons. The molecule has 7 atom stereocenters. The molecule has 4 aliphatic rings. The van der Waals surface area contributed by atoms with E-state index in [9.17, 15) is 19.5 Å². The van der Waals surface area contributed by atoms with E-state index in [0.29, 0.717) is 18.3 Å². The van der Waals surface area contributed by atoms with E-state index in [1.807, 2.05) is 13.0 Å². The summed E-state index contributed by atoms with van der Waals surface area (Å²) in [4.78, 5) is 37.6. The van der Waals surface area contributed by atoms with Crippen molar-refractivity contribution in [1.82, 2.24) is 0 Å². The standard InChI is InChI=1S/C25H36O5/c1-5-22(29)30-25(21(28)14-26)15(2)12-20-18-7-6-16-13-17(27)8-10-23(16,3)19(18)9-11-24(20,25)4/h13,15,18-20,26H,5-12,14H2,1-4H3/t15-,18+,19-,20-,23-,24-,25-/m0/s1. The molecule has 0 unspecified atom stereocenters. The highest BCUT2D eigenvalue weighted by atomic mass is 16.6. The number of fused-ring (bicyclic) bond motifs is 5. The highest BCUT2D eigenvalue weighted by molar-refractivity contribution is 5.93. The van der Waals surface area contributed by atoms with Gasteiger partial charge in [-0.2, -0.15) is 0 Å². The lowest BCUT2D eigenvalue weighted by Crippen LogP contribution is -2.61. The number of aliphatic hydroxyl groups excluding tert-OH is 1. The van der Waals surface area contributed by atoms with Gasteiger partial charge in [-0.1, -0.05) is 33.3 Å². The molecule has 5 heteroatoms. The molecule has 4 aliphatic carbocycles. The van der Waals surface area contributed by atoms with Crippen LogP contribution < -0.4 is 0 Å². The summed E-state index contributed by atoms with van der Waals surface area (Å²) in [6.45, 7) is 7.64. The SMILES string of the molecule is CCC(=O)O[C@]1(C(=O)CO)[C@@H](C)C[C@H]2[C@@H]3CCC4=CC(=O)CC[C@]4(C)[C@H]3CC[C@@]21C. The zero-order chi connectivity index (χ0) is 21.9. The van der Waals surface area contributed by atoms with Gasteiger partial charge in [-0.15, -0.1) is 0 Å². The van der Waals surface area contributed by atoms with Gasteiger partial charge in [0.1, 0.15) is 6.61 Å². The Morgan fingerprint density at radius 3 is 2.57 bits per heavy atom. The molecule has 5 nitrogen and oxygen atoms in total. The Morgan fingerprint density at radius 2 is 1.90 bits per heavy atom. The average molecular weight is 417 g/mol. The van der Waals surface area contributed by atoms with Crippen molar-refractivity contribution in [1.29, 1.82) is 0 Å². The highest BCUT2D eigenvalue weighted by Crippen LogP contribution is 2.69. The summed E-state index contributed by atoms with van der Waals surface area (Å²) in [6, 6.07) is 0. The second kappa shape index (κ2) is 7.29. The first kappa shape index (κ1) is 21.7. The summed E-state index contributed by atoms with van der Waals surface area (Å²) in [5, 5.41) is 9.84. The molecule has 0 aromatic rings. The molecule has 0 saturated heterocycles. The van der Waals surface area contributed by atoms with Crippen molar-refractivity contribution in [2.24, 2.45) is 34.5 Å². The fourth-order valence-corrected chi connectivity index (χ4v) is 8.12. The van der Waals surface area contributed by atoms with Gasteiger partial charge in [-0.05, 0) is 67.8 Å². The Labute approximate surface area is 179 Å². The van der Waals surface area contributed by atoms with Crippen LogP contribution in [-0.4, -0.2) is 34.9 Å². The van der Waals surface area contributed by atoms with Crippen molar-refractivity contribution < 1.29 is 24.2 Å². The normalized spacial score (nSPS) is 45.1. The number of carbonyl (C=O) groups excluding carboxylic acids is 3. The Kier molecular flexibility index (Phi) is 5.28. The van der Waals surface area contributed by atoms with Crippen molar-refractivity contribution in [3.05, 3.63) is 11.6 Å². The van der Waals surface area contributed by atoms with Crippen molar-refractivity contribution in [3.8, 4) is 0 Å². The Bertz CT molecular complexity index is 799. The van der Waals surface area contributed by atoms with Gasteiger partial charge in [0.05, 0.1) is 0 Å². The lowest BCUT2D eigenvalue weighted by Gasteiger charge is -2.59. The zero-order valence-electron chi connectivity index (χ0n) is 18.8. The number of hydrogen-bond acceptors (Lipinski definition) is 5. The number of esters is 1. The molecule has 0 aromatic carbocycles. The van der Waals surface area contributed by atoms with E-state index in [4.69, 9.17) is 4.74 Å². The first-order valence-corrected chi connectivity index (χ1v) is 11.7. The van der Waals surface area contributed by atoms with E-state index in [1.54, 1.807) is 6.92 Å². The smallest absolute Gasteiger partial charge is 0.306 e.